The minimum Gasteiger partial charge on any atom is -0.488 e. The topological polar surface area (TPSA) is 71.9 Å². The number of hydrogen-bond acceptors (Lipinski definition) is 3. The van der Waals surface area contributed by atoms with E-state index in [9.17, 15) is 4.79 Å². The lowest BCUT2D eigenvalue weighted by molar-refractivity contribution is -0.121. The average Bonchev–Trinajstić information content (AvgIpc) is 3.33. The third-order valence-electron chi connectivity index (χ3n) is 5.13. The molecule has 1 aliphatic heterocycles. The molecule has 140 valence electrons. The maximum absolute atomic E-state index is 12.5. The number of para-hydroxylation sites is 2. The van der Waals surface area contributed by atoms with Crippen LogP contribution in [0.2, 0.25) is 0 Å². The highest BCUT2D eigenvalue weighted by atomic mass is 16.5. The minimum atomic E-state index is -0.0466. The second kappa shape index (κ2) is 6.88. The van der Waals surface area contributed by atoms with Crippen molar-refractivity contribution in [3.63, 3.8) is 0 Å². The molecule has 28 heavy (non-hydrogen) atoms. The summed E-state index contributed by atoms with van der Waals surface area (Å²) >= 11 is 0. The molecule has 0 aliphatic carbocycles. The van der Waals surface area contributed by atoms with Crippen molar-refractivity contribution < 1.29 is 9.53 Å². The molecule has 2 aromatic heterocycles. The monoisotopic (exact) mass is 372 g/mol. The molecule has 6 heteroatoms. The van der Waals surface area contributed by atoms with Gasteiger partial charge in [-0.2, -0.15) is 5.10 Å². The van der Waals surface area contributed by atoms with Crippen molar-refractivity contribution in [2.24, 2.45) is 0 Å². The number of nitrogens with one attached hydrogen (secondary N) is 2. The van der Waals surface area contributed by atoms with Gasteiger partial charge in [0.1, 0.15) is 18.9 Å². The Bertz CT molecular complexity index is 1160. The molecule has 0 atom stereocenters. The molecular weight excluding hydrogens is 352 g/mol. The van der Waals surface area contributed by atoms with E-state index in [1.807, 2.05) is 42.6 Å². The van der Waals surface area contributed by atoms with E-state index >= 15 is 0 Å². The van der Waals surface area contributed by atoms with Crippen molar-refractivity contribution in [2.75, 3.05) is 6.54 Å². The van der Waals surface area contributed by atoms with Crippen LogP contribution in [0.1, 0.15) is 11.1 Å². The van der Waals surface area contributed by atoms with Gasteiger partial charge in [-0.05, 0) is 30.2 Å². The van der Waals surface area contributed by atoms with Gasteiger partial charge >= 0.3 is 0 Å². The van der Waals surface area contributed by atoms with Crippen molar-refractivity contribution in [2.45, 2.75) is 19.6 Å². The number of carbonyl (C=O) groups is 1. The van der Waals surface area contributed by atoms with E-state index in [0.29, 0.717) is 13.2 Å². The Morgan fingerprint density at radius 1 is 1.18 bits per heavy atom. The molecule has 0 unspecified atom stereocenters. The summed E-state index contributed by atoms with van der Waals surface area (Å²) in [5, 5.41) is 8.62. The summed E-state index contributed by atoms with van der Waals surface area (Å²) in [6, 6.07) is 16.0. The van der Waals surface area contributed by atoms with E-state index in [2.05, 4.69) is 27.5 Å². The van der Waals surface area contributed by atoms with Crippen LogP contribution in [0, 0.1) is 0 Å². The Morgan fingerprint density at radius 3 is 3.00 bits per heavy atom. The van der Waals surface area contributed by atoms with Gasteiger partial charge in [-0.1, -0.05) is 30.3 Å². The number of benzene rings is 2. The molecule has 0 bridgehead atoms. The normalized spacial score (nSPS) is 12.3. The maximum atomic E-state index is 12.5. The molecule has 0 saturated heterocycles. The van der Waals surface area contributed by atoms with Gasteiger partial charge in [0.05, 0.1) is 11.9 Å². The van der Waals surface area contributed by atoms with Gasteiger partial charge < -0.3 is 15.0 Å². The minimum absolute atomic E-state index is 0.0466. The highest BCUT2D eigenvalue weighted by molar-refractivity contribution is 5.83. The Hall–Kier alpha value is -3.54. The van der Waals surface area contributed by atoms with Crippen LogP contribution in [0.3, 0.4) is 0 Å². The number of fused-ring (bicyclic) bond motifs is 4. The van der Waals surface area contributed by atoms with Gasteiger partial charge in [-0.3, -0.25) is 9.48 Å². The Morgan fingerprint density at radius 2 is 2.04 bits per heavy atom. The van der Waals surface area contributed by atoms with Gasteiger partial charge in [-0.15, -0.1) is 0 Å². The molecule has 0 fully saturated rings. The van der Waals surface area contributed by atoms with Crippen LogP contribution in [0.25, 0.3) is 22.2 Å². The number of carbonyl (C=O) groups excluding carboxylic acids is 1. The molecule has 5 rings (SSSR count). The molecule has 0 spiro atoms. The molecule has 1 amide bonds. The fourth-order valence-corrected chi connectivity index (χ4v) is 3.77. The number of aromatic amines is 1. The molecule has 0 radical (unpaired) electrons. The second-order valence-corrected chi connectivity index (χ2v) is 6.92. The lowest BCUT2D eigenvalue weighted by atomic mass is 10.0. The van der Waals surface area contributed by atoms with Crippen LogP contribution in [0.5, 0.6) is 5.75 Å². The molecule has 1 aliphatic rings. The average molecular weight is 372 g/mol. The molecule has 6 nitrogen and oxygen atoms in total. The fourth-order valence-electron chi connectivity index (χ4n) is 3.77. The third-order valence-corrected chi connectivity index (χ3v) is 5.13. The first-order chi connectivity index (χ1) is 13.8. The number of H-pyrrole nitrogens is 1. The summed E-state index contributed by atoms with van der Waals surface area (Å²) in [4.78, 5) is 15.8. The molecule has 2 N–H and O–H groups in total. The maximum Gasteiger partial charge on any atom is 0.241 e. The zero-order chi connectivity index (χ0) is 18.9. The zero-order valence-electron chi connectivity index (χ0n) is 15.3. The first-order valence-corrected chi connectivity index (χ1v) is 9.38. The number of amides is 1. The zero-order valence-corrected chi connectivity index (χ0v) is 15.3. The number of aromatic nitrogens is 3. The summed E-state index contributed by atoms with van der Waals surface area (Å²) in [7, 11) is 0. The third kappa shape index (κ3) is 2.93. The fraction of sp³-hybridized carbons (Fsp3) is 0.182. The van der Waals surface area contributed by atoms with Crippen molar-refractivity contribution in [3.05, 3.63) is 72.1 Å². The van der Waals surface area contributed by atoms with Crippen LogP contribution in [0.15, 0.2) is 60.9 Å². The van der Waals surface area contributed by atoms with Gasteiger partial charge in [0.25, 0.3) is 0 Å². The largest absolute Gasteiger partial charge is 0.488 e. The smallest absolute Gasteiger partial charge is 0.241 e. The first-order valence-electron chi connectivity index (χ1n) is 9.38. The SMILES string of the molecule is O=C(Cn1ncc2c1-c1ccccc1OC2)NCCc1c[nH]c2ccccc12. The molecule has 0 saturated carbocycles. The first kappa shape index (κ1) is 16.6. The van der Waals surface area contributed by atoms with Gasteiger partial charge in [0.15, 0.2) is 0 Å². The number of ether oxygens (including phenoxy) is 1. The van der Waals surface area contributed by atoms with Crippen LogP contribution >= 0.6 is 0 Å². The van der Waals surface area contributed by atoms with E-state index in [1.54, 1.807) is 10.9 Å². The van der Waals surface area contributed by atoms with Crippen LogP contribution in [-0.2, 0) is 24.4 Å². The summed E-state index contributed by atoms with van der Waals surface area (Å²) in [6.07, 6.45) is 4.58. The Labute approximate surface area is 162 Å². The molecule has 2 aromatic carbocycles. The number of hydrogen-bond donors (Lipinski definition) is 2. The van der Waals surface area contributed by atoms with E-state index in [-0.39, 0.29) is 12.5 Å². The van der Waals surface area contributed by atoms with Crippen molar-refractivity contribution in [1.82, 2.24) is 20.1 Å². The van der Waals surface area contributed by atoms with Crippen molar-refractivity contribution in [1.29, 1.82) is 0 Å². The predicted molar refractivity (Wildman–Crippen MR) is 107 cm³/mol. The van der Waals surface area contributed by atoms with Gasteiger partial charge in [0.2, 0.25) is 5.91 Å². The number of nitrogens with zero attached hydrogens (tertiary/aromatic N) is 2. The van der Waals surface area contributed by atoms with E-state index in [0.717, 1.165) is 34.5 Å². The number of rotatable bonds is 5. The van der Waals surface area contributed by atoms with Gasteiger partial charge in [0, 0.05) is 34.8 Å². The molecule has 4 aromatic rings. The van der Waals surface area contributed by atoms with Crippen LogP contribution < -0.4 is 10.1 Å². The Balaban J connectivity index is 1.26. The summed E-state index contributed by atoms with van der Waals surface area (Å²) in [6.45, 7) is 1.26. The summed E-state index contributed by atoms with van der Waals surface area (Å²) in [5.41, 5.74) is 5.28. The lowest BCUT2D eigenvalue weighted by Crippen LogP contribution is -2.30. The van der Waals surface area contributed by atoms with E-state index in [1.165, 1.54) is 10.9 Å². The Kier molecular flexibility index (Phi) is 4.09. The summed E-state index contributed by atoms with van der Waals surface area (Å²) in [5.74, 6) is 0.784. The standard InChI is InChI=1S/C22H20N4O2/c27-21(23-10-9-15-11-24-19-7-3-1-5-17(15)19)13-26-22-16(12-25-26)14-28-20-8-4-2-6-18(20)22/h1-8,11-12,24H,9-10,13-14H2,(H,23,27). The van der Waals surface area contributed by atoms with Crippen molar-refractivity contribution in [3.8, 4) is 17.0 Å². The summed E-state index contributed by atoms with van der Waals surface area (Å²) < 4.78 is 7.51. The van der Waals surface area contributed by atoms with Crippen LogP contribution in [0.4, 0.5) is 0 Å². The highest BCUT2D eigenvalue weighted by Crippen LogP contribution is 2.36. The highest BCUT2D eigenvalue weighted by Gasteiger charge is 2.22. The molecular formula is C22H20N4O2. The second-order valence-electron chi connectivity index (χ2n) is 6.92. The lowest BCUT2D eigenvalue weighted by Gasteiger charge is -2.19. The van der Waals surface area contributed by atoms with Gasteiger partial charge in [-0.25, -0.2) is 0 Å². The quantitative estimate of drug-likeness (QED) is 0.565. The van der Waals surface area contributed by atoms with Crippen LogP contribution in [-0.4, -0.2) is 27.2 Å². The predicted octanol–water partition coefficient (Wildman–Crippen LogP) is 3.28. The van der Waals surface area contributed by atoms with Crippen molar-refractivity contribution >= 4 is 16.8 Å². The van der Waals surface area contributed by atoms with E-state index < -0.39 is 0 Å². The molecule has 3 heterocycles. The van der Waals surface area contributed by atoms with E-state index in [4.69, 9.17) is 4.74 Å².